The molecule has 0 saturated heterocycles. The van der Waals surface area contributed by atoms with E-state index in [9.17, 15) is 0 Å². The maximum atomic E-state index is 5.57. The summed E-state index contributed by atoms with van der Waals surface area (Å²) in [7, 11) is 0. The van der Waals surface area contributed by atoms with Gasteiger partial charge in [-0.05, 0) is 43.9 Å². The Balaban J connectivity index is 1.96. The summed E-state index contributed by atoms with van der Waals surface area (Å²) < 4.78 is 0. The van der Waals surface area contributed by atoms with E-state index < -0.39 is 0 Å². The van der Waals surface area contributed by atoms with Crippen LogP contribution in [0.3, 0.4) is 0 Å². The third-order valence-corrected chi connectivity index (χ3v) is 3.58. The van der Waals surface area contributed by atoms with Crippen molar-refractivity contribution < 1.29 is 0 Å². The summed E-state index contributed by atoms with van der Waals surface area (Å²) in [6, 6.07) is 8.70. The van der Waals surface area contributed by atoms with Gasteiger partial charge in [0.15, 0.2) is 0 Å². The second kappa shape index (κ2) is 5.94. The molecule has 1 aromatic heterocycles. The molecule has 2 nitrogen and oxygen atoms in total. The summed E-state index contributed by atoms with van der Waals surface area (Å²) in [5.41, 5.74) is 9.48. The van der Waals surface area contributed by atoms with E-state index in [-0.39, 0.29) is 0 Å². The first-order valence-corrected chi connectivity index (χ1v) is 6.85. The Morgan fingerprint density at radius 3 is 2.59 bits per heavy atom. The van der Waals surface area contributed by atoms with Crippen molar-refractivity contribution in [3.63, 3.8) is 0 Å². The highest BCUT2D eigenvalue weighted by Gasteiger charge is 2.00. The number of aryl methyl sites for hydroxylation is 3. The zero-order valence-corrected chi connectivity index (χ0v) is 11.0. The molecular weight excluding hydrogens is 228 g/mol. The Kier molecular flexibility index (Phi) is 4.29. The molecule has 90 valence electrons. The van der Waals surface area contributed by atoms with Gasteiger partial charge in [-0.15, -0.1) is 11.3 Å². The van der Waals surface area contributed by atoms with Crippen molar-refractivity contribution in [3.05, 3.63) is 51.5 Å². The molecule has 2 rings (SSSR count). The lowest BCUT2D eigenvalue weighted by Crippen LogP contribution is -2.03. The monoisotopic (exact) mass is 246 g/mol. The zero-order chi connectivity index (χ0) is 12.1. The molecule has 0 atom stereocenters. The Morgan fingerprint density at radius 1 is 1.18 bits per heavy atom. The standard InChI is InChI=1S/C14H18N2S/c1-11-16-14(10-17-11)6-5-12-3-2-4-13(9-12)7-8-15/h2-4,9-10H,5-8,15H2,1H3. The van der Waals surface area contributed by atoms with E-state index in [1.165, 1.54) is 16.8 Å². The Hall–Kier alpha value is -1.19. The van der Waals surface area contributed by atoms with Crippen LogP contribution in [0.1, 0.15) is 21.8 Å². The fraction of sp³-hybridized carbons (Fsp3) is 0.357. The van der Waals surface area contributed by atoms with Gasteiger partial charge in [0.25, 0.3) is 0 Å². The lowest BCUT2D eigenvalue weighted by atomic mass is 10.0. The van der Waals surface area contributed by atoms with E-state index in [2.05, 4.69) is 41.6 Å². The highest BCUT2D eigenvalue weighted by atomic mass is 32.1. The lowest BCUT2D eigenvalue weighted by Gasteiger charge is -2.03. The Bertz CT molecular complexity index is 477. The summed E-state index contributed by atoms with van der Waals surface area (Å²) >= 11 is 1.72. The Morgan fingerprint density at radius 2 is 1.94 bits per heavy atom. The van der Waals surface area contributed by atoms with Gasteiger partial charge in [0.1, 0.15) is 0 Å². The molecule has 0 aliphatic rings. The van der Waals surface area contributed by atoms with Gasteiger partial charge < -0.3 is 5.73 Å². The summed E-state index contributed by atoms with van der Waals surface area (Å²) in [4.78, 5) is 4.48. The topological polar surface area (TPSA) is 38.9 Å². The lowest BCUT2D eigenvalue weighted by molar-refractivity contribution is 0.909. The molecule has 0 aliphatic heterocycles. The molecule has 0 unspecified atom stereocenters. The first kappa shape index (κ1) is 12.3. The number of nitrogens with two attached hydrogens (primary N) is 1. The van der Waals surface area contributed by atoms with Crippen molar-refractivity contribution in [3.8, 4) is 0 Å². The van der Waals surface area contributed by atoms with Gasteiger partial charge in [-0.25, -0.2) is 4.98 Å². The molecule has 17 heavy (non-hydrogen) atoms. The average Bonchev–Trinajstić information content (AvgIpc) is 2.74. The van der Waals surface area contributed by atoms with E-state index in [1.807, 2.05) is 0 Å². The zero-order valence-electron chi connectivity index (χ0n) is 10.1. The van der Waals surface area contributed by atoms with Crippen LogP contribution in [0.2, 0.25) is 0 Å². The van der Waals surface area contributed by atoms with Gasteiger partial charge in [0.05, 0.1) is 10.7 Å². The van der Waals surface area contributed by atoms with E-state index in [0.717, 1.165) is 24.3 Å². The Labute approximate surface area is 107 Å². The highest BCUT2D eigenvalue weighted by Crippen LogP contribution is 2.12. The van der Waals surface area contributed by atoms with Crippen LogP contribution >= 0.6 is 11.3 Å². The number of rotatable bonds is 5. The maximum absolute atomic E-state index is 5.57. The van der Waals surface area contributed by atoms with E-state index in [0.29, 0.717) is 6.54 Å². The van der Waals surface area contributed by atoms with Crippen LogP contribution in [0.25, 0.3) is 0 Å². The quantitative estimate of drug-likeness (QED) is 0.881. The molecule has 1 heterocycles. The normalized spacial score (nSPS) is 10.7. The van der Waals surface area contributed by atoms with E-state index >= 15 is 0 Å². The number of thiazole rings is 1. The minimum Gasteiger partial charge on any atom is -0.330 e. The number of nitrogens with zero attached hydrogens (tertiary/aromatic N) is 1. The third-order valence-electron chi connectivity index (χ3n) is 2.76. The molecule has 0 fully saturated rings. The average molecular weight is 246 g/mol. The molecule has 2 N–H and O–H groups in total. The summed E-state index contributed by atoms with van der Waals surface area (Å²) in [5, 5.41) is 3.30. The van der Waals surface area contributed by atoms with Crippen LogP contribution in [0.5, 0.6) is 0 Å². The van der Waals surface area contributed by atoms with Crippen molar-refractivity contribution in [2.24, 2.45) is 5.73 Å². The SMILES string of the molecule is Cc1nc(CCc2cccc(CCN)c2)cs1. The van der Waals surface area contributed by atoms with Crippen LogP contribution < -0.4 is 5.73 Å². The van der Waals surface area contributed by atoms with Gasteiger partial charge in [-0.1, -0.05) is 24.3 Å². The van der Waals surface area contributed by atoms with E-state index in [1.54, 1.807) is 11.3 Å². The van der Waals surface area contributed by atoms with Crippen LogP contribution in [0.15, 0.2) is 29.6 Å². The van der Waals surface area contributed by atoms with Crippen LogP contribution in [0, 0.1) is 6.92 Å². The van der Waals surface area contributed by atoms with Gasteiger partial charge in [-0.2, -0.15) is 0 Å². The molecule has 0 aliphatic carbocycles. The maximum Gasteiger partial charge on any atom is 0.0897 e. The smallest absolute Gasteiger partial charge is 0.0897 e. The number of benzene rings is 1. The van der Waals surface area contributed by atoms with Crippen LogP contribution in [-0.4, -0.2) is 11.5 Å². The fourth-order valence-corrected chi connectivity index (χ4v) is 2.55. The van der Waals surface area contributed by atoms with Crippen LogP contribution in [-0.2, 0) is 19.3 Å². The predicted molar refractivity (Wildman–Crippen MR) is 73.5 cm³/mol. The highest BCUT2D eigenvalue weighted by molar-refractivity contribution is 7.09. The van der Waals surface area contributed by atoms with Gasteiger partial charge in [-0.3, -0.25) is 0 Å². The summed E-state index contributed by atoms with van der Waals surface area (Å²) in [6.45, 7) is 2.77. The van der Waals surface area contributed by atoms with Crippen molar-refractivity contribution in [2.75, 3.05) is 6.54 Å². The van der Waals surface area contributed by atoms with Crippen molar-refractivity contribution in [1.29, 1.82) is 0 Å². The van der Waals surface area contributed by atoms with Crippen molar-refractivity contribution in [2.45, 2.75) is 26.2 Å². The molecule has 0 bridgehead atoms. The second-order valence-corrected chi connectivity index (χ2v) is 5.28. The molecule has 1 aromatic carbocycles. The molecule has 3 heteroatoms. The first-order chi connectivity index (χ1) is 8.28. The number of aromatic nitrogens is 1. The van der Waals surface area contributed by atoms with Gasteiger partial charge in [0, 0.05) is 5.38 Å². The summed E-state index contributed by atoms with van der Waals surface area (Å²) in [6.07, 6.45) is 3.04. The minimum atomic E-state index is 0.717. The molecular formula is C14H18N2S. The molecule has 2 aromatic rings. The van der Waals surface area contributed by atoms with Crippen molar-refractivity contribution >= 4 is 11.3 Å². The van der Waals surface area contributed by atoms with E-state index in [4.69, 9.17) is 5.73 Å². The van der Waals surface area contributed by atoms with Gasteiger partial charge >= 0.3 is 0 Å². The molecule has 0 radical (unpaired) electrons. The number of hydrogen-bond acceptors (Lipinski definition) is 3. The minimum absolute atomic E-state index is 0.717. The fourth-order valence-electron chi connectivity index (χ4n) is 1.90. The summed E-state index contributed by atoms with van der Waals surface area (Å²) in [5.74, 6) is 0. The van der Waals surface area contributed by atoms with Gasteiger partial charge in [0.2, 0.25) is 0 Å². The third kappa shape index (κ3) is 3.65. The first-order valence-electron chi connectivity index (χ1n) is 5.97. The molecule has 0 amide bonds. The second-order valence-electron chi connectivity index (χ2n) is 4.22. The predicted octanol–water partition coefficient (Wildman–Crippen LogP) is 2.74. The van der Waals surface area contributed by atoms with Crippen molar-refractivity contribution in [1.82, 2.24) is 4.98 Å². The molecule has 0 spiro atoms. The molecule has 0 saturated carbocycles. The number of hydrogen-bond donors (Lipinski definition) is 1. The van der Waals surface area contributed by atoms with Crippen LogP contribution in [0.4, 0.5) is 0 Å². The largest absolute Gasteiger partial charge is 0.330 e.